The normalized spacial score (nSPS) is 11.1. The van der Waals surface area contributed by atoms with Gasteiger partial charge in [0.2, 0.25) is 0 Å². The van der Waals surface area contributed by atoms with Crippen molar-refractivity contribution in [2.24, 2.45) is 0 Å². The van der Waals surface area contributed by atoms with E-state index in [0.29, 0.717) is 6.04 Å². The molecule has 4 heteroatoms. The van der Waals surface area contributed by atoms with E-state index < -0.39 is 0 Å². The minimum Gasteiger partial charge on any atom is -0.310 e. The fraction of sp³-hybridized carbons (Fsp3) is 0.357. The molecule has 0 fully saturated rings. The molecule has 0 spiro atoms. The summed E-state index contributed by atoms with van der Waals surface area (Å²) >= 11 is 3.56. The first-order valence-corrected chi connectivity index (χ1v) is 7.94. The molecule has 0 unspecified atom stereocenters. The van der Waals surface area contributed by atoms with Crippen molar-refractivity contribution in [1.29, 1.82) is 0 Å². The van der Waals surface area contributed by atoms with Crippen LogP contribution in [0.25, 0.3) is 0 Å². The predicted octanol–water partition coefficient (Wildman–Crippen LogP) is 3.93. The summed E-state index contributed by atoms with van der Waals surface area (Å²) in [6.45, 7) is 5.27. The molecular weight excluding hydrogens is 260 g/mol. The maximum Gasteiger partial charge on any atom is 0.103 e. The van der Waals surface area contributed by atoms with Gasteiger partial charge >= 0.3 is 0 Å². The van der Waals surface area contributed by atoms with Crippen molar-refractivity contribution in [2.75, 3.05) is 0 Å². The number of aromatic nitrogens is 1. The molecule has 96 valence electrons. The van der Waals surface area contributed by atoms with E-state index in [4.69, 9.17) is 0 Å². The van der Waals surface area contributed by atoms with Gasteiger partial charge in [-0.2, -0.15) is 0 Å². The summed E-state index contributed by atoms with van der Waals surface area (Å²) in [6, 6.07) is 9.24. The highest BCUT2D eigenvalue weighted by Gasteiger charge is 2.00. The lowest BCUT2D eigenvalue weighted by Gasteiger charge is -2.09. The third-order valence-electron chi connectivity index (χ3n) is 2.46. The Labute approximate surface area is 117 Å². The number of thioether (sulfide) groups is 1. The average molecular weight is 278 g/mol. The largest absolute Gasteiger partial charge is 0.310 e. The van der Waals surface area contributed by atoms with Crippen LogP contribution >= 0.6 is 23.1 Å². The van der Waals surface area contributed by atoms with E-state index in [1.165, 1.54) is 15.5 Å². The molecule has 1 heterocycles. The lowest BCUT2D eigenvalue weighted by atomic mass is 10.2. The van der Waals surface area contributed by atoms with Crippen LogP contribution in [0.2, 0.25) is 0 Å². The van der Waals surface area contributed by atoms with Crippen molar-refractivity contribution < 1.29 is 0 Å². The molecule has 0 aliphatic heterocycles. The van der Waals surface area contributed by atoms with Crippen molar-refractivity contribution in [3.05, 3.63) is 46.4 Å². The van der Waals surface area contributed by atoms with Gasteiger partial charge in [-0.15, -0.1) is 23.1 Å². The summed E-state index contributed by atoms with van der Waals surface area (Å²) in [4.78, 5) is 5.61. The van der Waals surface area contributed by atoms with Gasteiger partial charge in [0, 0.05) is 29.1 Å². The lowest BCUT2D eigenvalue weighted by Crippen LogP contribution is -2.21. The fourth-order valence-corrected chi connectivity index (χ4v) is 3.16. The molecular formula is C14H18N2S2. The van der Waals surface area contributed by atoms with Crippen LogP contribution in [-0.4, -0.2) is 11.0 Å². The second-order valence-corrected chi connectivity index (χ2v) is 6.43. The standard InChI is InChI=1S/C14H18N2S2/c1-11(2)16-9-12-4-3-5-13(8-12)18-10-14-15-6-7-17-14/h3-8,11,16H,9-10H2,1-2H3. The van der Waals surface area contributed by atoms with E-state index in [1.54, 1.807) is 11.3 Å². The van der Waals surface area contributed by atoms with Crippen molar-refractivity contribution in [3.8, 4) is 0 Å². The van der Waals surface area contributed by atoms with E-state index in [0.717, 1.165) is 12.3 Å². The Kier molecular flexibility index (Phi) is 5.23. The van der Waals surface area contributed by atoms with E-state index in [2.05, 4.69) is 48.4 Å². The van der Waals surface area contributed by atoms with Gasteiger partial charge in [0.05, 0.1) is 5.75 Å². The molecule has 1 aromatic heterocycles. The van der Waals surface area contributed by atoms with Gasteiger partial charge in [-0.25, -0.2) is 4.98 Å². The molecule has 2 nitrogen and oxygen atoms in total. The molecule has 0 aliphatic rings. The maximum absolute atomic E-state index is 4.30. The first kappa shape index (κ1) is 13.6. The maximum atomic E-state index is 4.30. The average Bonchev–Trinajstić information content (AvgIpc) is 2.87. The fourth-order valence-electron chi connectivity index (χ4n) is 1.54. The summed E-state index contributed by atoms with van der Waals surface area (Å²) in [5.41, 5.74) is 1.34. The van der Waals surface area contributed by atoms with Gasteiger partial charge in [0.25, 0.3) is 0 Å². The van der Waals surface area contributed by atoms with Gasteiger partial charge in [-0.3, -0.25) is 0 Å². The van der Waals surface area contributed by atoms with Crippen LogP contribution in [0.15, 0.2) is 40.7 Å². The number of benzene rings is 1. The topological polar surface area (TPSA) is 24.9 Å². The Bertz CT molecular complexity index is 466. The molecule has 0 radical (unpaired) electrons. The monoisotopic (exact) mass is 278 g/mol. The molecule has 18 heavy (non-hydrogen) atoms. The van der Waals surface area contributed by atoms with E-state index in [1.807, 2.05) is 23.3 Å². The first-order chi connectivity index (χ1) is 8.74. The predicted molar refractivity (Wildman–Crippen MR) is 80.1 cm³/mol. The van der Waals surface area contributed by atoms with Crippen molar-refractivity contribution >= 4 is 23.1 Å². The summed E-state index contributed by atoms with van der Waals surface area (Å²) in [5, 5.41) is 6.65. The zero-order valence-corrected chi connectivity index (χ0v) is 12.4. The van der Waals surface area contributed by atoms with E-state index >= 15 is 0 Å². The second-order valence-electron chi connectivity index (χ2n) is 4.40. The van der Waals surface area contributed by atoms with Crippen LogP contribution in [0.3, 0.4) is 0 Å². The van der Waals surface area contributed by atoms with Crippen molar-refractivity contribution in [3.63, 3.8) is 0 Å². The zero-order chi connectivity index (χ0) is 12.8. The molecule has 2 rings (SSSR count). The number of hydrogen-bond acceptors (Lipinski definition) is 4. The van der Waals surface area contributed by atoms with Gasteiger partial charge in [0.1, 0.15) is 5.01 Å². The van der Waals surface area contributed by atoms with Crippen LogP contribution in [0.4, 0.5) is 0 Å². The third kappa shape index (κ3) is 4.44. The van der Waals surface area contributed by atoms with E-state index in [9.17, 15) is 0 Å². The Morgan fingerprint density at radius 2 is 2.28 bits per heavy atom. The molecule has 0 saturated heterocycles. The molecule has 2 aromatic rings. The Morgan fingerprint density at radius 3 is 3.00 bits per heavy atom. The summed E-state index contributed by atoms with van der Waals surface area (Å²) in [5.74, 6) is 0.957. The second kappa shape index (κ2) is 6.92. The van der Waals surface area contributed by atoms with Gasteiger partial charge < -0.3 is 5.32 Å². The summed E-state index contributed by atoms with van der Waals surface area (Å²) in [7, 11) is 0. The number of thiazole rings is 1. The Morgan fingerprint density at radius 1 is 1.39 bits per heavy atom. The molecule has 1 aromatic carbocycles. The number of nitrogens with zero attached hydrogens (tertiary/aromatic N) is 1. The first-order valence-electron chi connectivity index (χ1n) is 6.07. The van der Waals surface area contributed by atoms with Crippen LogP contribution in [0.1, 0.15) is 24.4 Å². The molecule has 0 atom stereocenters. The van der Waals surface area contributed by atoms with Gasteiger partial charge in [-0.1, -0.05) is 26.0 Å². The van der Waals surface area contributed by atoms with Gasteiger partial charge in [0.15, 0.2) is 0 Å². The SMILES string of the molecule is CC(C)NCc1cccc(SCc2nccs2)c1. The van der Waals surface area contributed by atoms with Crippen molar-refractivity contribution in [2.45, 2.75) is 37.1 Å². The summed E-state index contributed by atoms with van der Waals surface area (Å²) in [6.07, 6.45) is 1.86. The van der Waals surface area contributed by atoms with Crippen LogP contribution in [-0.2, 0) is 12.3 Å². The highest BCUT2D eigenvalue weighted by Crippen LogP contribution is 2.24. The minimum absolute atomic E-state index is 0.525. The molecule has 0 bridgehead atoms. The minimum atomic E-state index is 0.525. The highest BCUT2D eigenvalue weighted by molar-refractivity contribution is 7.98. The van der Waals surface area contributed by atoms with Crippen molar-refractivity contribution in [1.82, 2.24) is 10.3 Å². The molecule has 1 N–H and O–H groups in total. The quantitative estimate of drug-likeness (QED) is 0.810. The Hall–Kier alpha value is -0.840. The third-order valence-corrected chi connectivity index (χ3v) is 4.43. The molecule has 0 aliphatic carbocycles. The lowest BCUT2D eigenvalue weighted by molar-refractivity contribution is 0.588. The molecule has 0 saturated carbocycles. The van der Waals surface area contributed by atoms with Crippen LogP contribution in [0, 0.1) is 0 Å². The van der Waals surface area contributed by atoms with E-state index in [-0.39, 0.29) is 0 Å². The highest BCUT2D eigenvalue weighted by atomic mass is 32.2. The Balaban J connectivity index is 1.90. The smallest absolute Gasteiger partial charge is 0.103 e. The number of nitrogens with one attached hydrogen (secondary N) is 1. The van der Waals surface area contributed by atoms with Gasteiger partial charge in [-0.05, 0) is 17.7 Å². The molecule has 0 amide bonds. The summed E-state index contributed by atoms with van der Waals surface area (Å²) < 4.78 is 0. The number of rotatable bonds is 6. The number of hydrogen-bond donors (Lipinski definition) is 1. The van der Waals surface area contributed by atoms with Crippen LogP contribution < -0.4 is 5.32 Å². The van der Waals surface area contributed by atoms with Crippen LogP contribution in [0.5, 0.6) is 0 Å². The zero-order valence-electron chi connectivity index (χ0n) is 10.7.